The van der Waals surface area contributed by atoms with Gasteiger partial charge in [-0.15, -0.1) is 12.4 Å². The van der Waals surface area contributed by atoms with Crippen molar-refractivity contribution < 1.29 is 13.5 Å². The number of benzene rings is 1. The molecule has 1 heterocycles. The summed E-state index contributed by atoms with van der Waals surface area (Å²) in [6.07, 6.45) is 5.02. The molecule has 23 heavy (non-hydrogen) atoms. The van der Waals surface area contributed by atoms with Gasteiger partial charge in [0.15, 0.2) is 0 Å². The van der Waals surface area contributed by atoms with Crippen LogP contribution in [0.15, 0.2) is 24.3 Å². The van der Waals surface area contributed by atoms with E-state index >= 15 is 0 Å². The van der Waals surface area contributed by atoms with E-state index in [0.717, 1.165) is 31.7 Å². The van der Waals surface area contributed by atoms with Crippen molar-refractivity contribution in [2.24, 2.45) is 5.92 Å². The lowest BCUT2D eigenvalue weighted by molar-refractivity contribution is -0.0499. The molecule has 0 amide bonds. The fourth-order valence-electron chi connectivity index (χ4n) is 3.89. The van der Waals surface area contributed by atoms with E-state index in [1.165, 1.54) is 25.7 Å². The van der Waals surface area contributed by atoms with Gasteiger partial charge in [-0.05, 0) is 36.5 Å². The SMILES string of the molecule is Cl.FC(F)Oc1cccc([C@@H](C2CCCC2)N2CCNCC2)c1. The Balaban J connectivity index is 0.00000192. The molecule has 1 atom stereocenters. The zero-order valence-electron chi connectivity index (χ0n) is 13.2. The number of rotatable bonds is 5. The van der Waals surface area contributed by atoms with Crippen LogP contribution >= 0.6 is 12.4 Å². The van der Waals surface area contributed by atoms with E-state index in [-0.39, 0.29) is 18.2 Å². The van der Waals surface area contributed by atoms with Crippen molar-refractivity contribution in [2.75, 3.05) is 26.2 Å². The average Bonchev–Trinajstić information content (AvgIpc) is 3.02. The summed E-state index contributed by atoms with van der Waals surface area (Å²) < 4.78 is 29.5. The van der Waals surface area contributed by atoms with E-state index < -0.39 is 6.61 Å². The lowest BCUT2D eigenvalue weighted by atomic mass is 9.89. The van der Waals surface area contributed by atoms with Crippen molar-refractivity contribution in [3.8, 4) is 5.75 Å². The maximum atomic E-state index is 12.5. The second-order valence-corrected chi connectivity index (χ2v) is 6.23. The van der Waals surface area contributed by atoms with E-state index in [0.29, 0.717) is 12.0 Å². The Kier molecular flexibility index (Phi) is 7.06. The van der Waals surface area contributed by atoms with Crippen molar-refractivity contribution in [3.05, 3.63) is 29.8 Å². The predicted octanol–water partition coefficient (Wildman–Crippen LogP) is 3.85. The first kappa shape index (κ1) is 18.4. The molecule has 1 aromatic carbocycles. The van der Waals surface area contributed by atoms with Gasteiger partial charge in [0, 0.05) is 32.2 Å². The molecule has 0 spiro atoms. The molecule has 0 aromatic heterocycles. The highest BCUT2D eigenvalue weighted by Gasteiger charge is 2.32. The van der Waals surface area contributed by atoms with Gasteiger partial charge in [-0.3, -0.25) is 4.90 Å². The summed E-state index contributed by atoms with van der Waals surface area (Å²) in [5, 5.41) is 3.38. The van der Waals surface area contributed by atoms with E-state index in [1.54, 1.807) is 12.1 Å². The van der Waals surface area contributed by atoms with Gasteiger partial charge >= 0.3 is 6.61 Å². The number of alkyl halides is 2. The molecule has 1 saturated heterocycles. The van der Waals surface area contributed by atoms with Crippen LogP contribution in [-0.2, 0) is 0 Å². The largest absolute Gasteiger partial charge is 0.435 e. The monoisotopic (exact) mass is 346 g/mol. The number of hydrogen-bond acceptors (Lipinski definition) is 3. The standard InChI is InChI=1S/C17H24F2N2O.ClH/c18-17(19)22-15-7-3-6-14(12-15)16(13-4-1-2-5-13)21-10-8-20-9-11-21;/h3,6-7,12-13,16-17,20H,1-2,4-5,8-11H2;1H/t16-;/m1./s1. The van der Waals surface area contributed by atoms with E-state index in [9.17, 15) is 8.78 Å². The molecule has 1 aliphatic heterocycles. The molecule has 3 nitrogen and oxygen atoms in total. The lowest BCUT2D eigenvalue weighted by Crippen LogP contribution is -2.46. The van der Waals surface area contributed by atoms with E-state index in [4.69, 9.17) is 0 Å². The molecule has 1 aliphatic carbocycles. The van der Waals surface area contributed by atoms with E-state index in [2.05, 4.69) is 21.0 Å². The van der Waals surface area contributed by atoms with Crippen molar-refractivity contribution in [3.63, 3.8) is 0 Å². The van der Waals surface area contributed by atoms with Crippen LogP contribution in [0.1, 0.15) is 37.3 Å². The Hall–Kier alpha value is -0.910. The zero-order valence-corrected chi connectivity index (χ0v) is 14.0. The van der Waals surface area contributed by atoms with Gasteiger partial charge in [-0.25, -0.2) is 0 Å². The molecule has 2 fully saturated rings. The first-order valence-electron chi connectivity index (χ1n) is 8.23. The molecule has 2 aliphatic rings. The molecule has 6 heteroatoms. The van der Waals surface area contributed by atoms with Crippen LogP contribution < -0.4 is 10.1 Å². The Morgan fingerprint density at radius 3 is 2.48 bits per heavy atom. The van der Waals surface area contributed by atoms with Crippen LogP contribution in [-0.4, -0.2) is 37.7 Å². The van der Waals surface area contributed by atoms with Crippen LogP contribution in [0.5, 0.6) is 5.75 Å². The van der Waals surface area contributed by atoms with Gasteiger partial charge in [-0.2, -0.15) is 8.78 Å². The van der Waals surface area contributed by atoms with Crippen molar-refractivity contribution in [1.29, 1.82) is 0 Å². The highest BCUT2D eigenvalue weighted by molar-refractivity contribution is 5.85. The first-order chi connectivity index (χ1) is 10.7. The second-order valence-electron chi connectivity index (χ2n) is 6.23. The summed E-state index contributed by atoms with van der Waals surface area (Å²) in [6, 6.07) is 7.63. The fourth-order valence-corrected chi connectivity index (χ4v) is 3.89. The molecule has 0 radical (unpaired) electrons. The summed E-state index contributed by atoms with van der Waals surface area (Å²) in [5.41, 5.74) is 1.12. The number of nitrogens with zero attached hydrogens (tertiary/aromatic N) is 1. The molecule has 1 saturated carbocycles. The highest BCUT2D eigenvalue weighted by atomic mass is 35.5. The van der Waals surface area contributed by atoms with Crippen LogP contribution in [0.4, 0.5) is 8.78 Å². The normalized spacial score (nSPS) is 21.2. The maximum Gasteiger partial charge on any atom is 0.387 e. The third-order valence-corrected chi connectivity index (χ3v) is 4.82. The summed E-state index contributed by atoms with van der Waals surface area (Å²) in [4.78, 5) is 2.51. The minimum atomic E-state index is -2.76. The molecule has 3 rings (SSSR count). The minimum absolute atomic E-state index is 0. The molecule has 0 bridgehead atoms. The van der Waals surface area contributed by atoms with Gasteiger partial charge < -0.3 is 10.1 Å². The fraction of sp³-hybridized carbons (Fsp3) is 0.647. The lowest BCUT2D eigenvalue weighted by Gasteiger charge is -2.38. The Morgan fingerprint density at radius 1 is 1.13 bits per heavy atom. The number of hydrogen-bond donors (Lipinski definition) is 1. The third kappa shape index (κ3) is 4.78. The van der Waals surface area contributed by atoms with Gasteiger partial charge in [0.05, 0.1) is 0 Å². The van der Waals surface area contributed by atoms with Gasteiger partial charge in [0.1, 0.15) is 5.75 Å². The first-order valence-corrected chi connectivity index (χ1v) is 8.23. The number of piperazine rings is 1. The second kappa shape index (κ2) is 8.81. The number of ether oxygens (including phenoxy) is 1. The third-order valence-electron chi connectivity index (χ3n) is 4.82. The molecular weight excluding hydrogens is 322 g/mol. The summed E-state index contributed by atoms with van der Waals surface area (Å²) in [7, 11) is 0. The topological polar surface area (TPSA) is 24.5 Å². The average molecular weight is 347 g/mol. The Bertz CT molecular complexity index is 477. The Morgan fingerprint density at radius 2 is 1.83 bits per heavy atom. The smallest absolute Gasteiger partial charge is 0.387 e. The van der Waals surface area contributed by atoms with Gasteiger partial charge in [0.25, 0.3) is 0 Å². The summed E-state index contributed by atoms with van der Waals surface area (Å²) in [5.74, 6) is 0.894. The van der Waals surface area contributed by atoms with Crippen LogP contribution in [0.3, 0.4) is 0 Å². The summed E-state index contributed by atoms with van der Waals surface area (Å²) in [6.45, 7) is 1.26. The van der Waals surface area contributed by atoms with Crippen LogP contribution in [0.2, 0.25) is 0 Å². The molecule has 1 N–H and O–H groups in total. The highest BCUT2D eigenvalue weighted by Crippen LogP contribution is 2.40. The molecule has 130 valence electrons. The minimum Gasteiger partial charge on any atom is -0.435 e. The maximum absolute atomic E-state index is 12.5. The quantitative estimate of drug-likeness (QED) is 0.876. The number of halogens is 3. The van der Waals surface area contributed by atoms with Crippen molar-refractivity contribution in [1.82, 2.24) is 10.2 Å². The molecule has 1 aromatic rings. The van der Waals surface area contributed by atoms with Gasteiger partial charge in [-0.1, -0.05) is 25.0 Å². The predicted molar refractivity (Wildman–Crippen MR) is 89.5 cm³/mol. The summed E-state index contributed by atoms with van der Waals surface area (Å²) >= 11 is 0. The van der Waals surface area contributed by atoms with Crippen LogP contribution in [0, 0.1) is 5.92 Å². The van der Waals surface area contributed by atoms with Crippen molar-refractivity contribution in [2.45, 2.75) is 38.3 Å². The van der Waals surface area contributed by atoms with Crippen molar-refractivity contribution >= 4 is 12.4 Å². The molecular formula is C17H25ClF2N2O. The van der Waals surface area contributed by atoms with Crippen LogP contribution in [0.25, 0.3) is 0 Å². The Labute approximate surface area is 142 Å². The zero-order chi connectivity index (χ0) is 15.4. The number of nitrogens with one attached hydrogen (secondary N) is 1. The van der Waals surface area contributed by atoms with E-state index in [1.807, 2.05) is 6.07 Å². The van der Waals surface area contributed by atoms with Gasteiger partial charge in [0.2, 0.25) is 0 Å². The molecule has 0 unspecified atom stereocenters.